The summed E-state index contributed by atoms with van der Waals surface area (Å²) in [6.07, 6.45) is 0.187. The van der Waals surface area contributed by atoms with Crippen LogP contribution in [0.4, 0.5) is 4.79 Å². The van der Waals surface area contributed by atoms with Crippen molar-refractivity contribution in [2.45, 2.75) is 65.1 Å². The Hall–Kier alpha value is -0.810. The van der Waals surface area contributed by atoms with E-state index in [1.165, 1.54) is 0 Å². The van der Waals surface area contributed by atoms with Gasteiger partial charge in [-0.25, -0.2) is 4.79 Å². The first kappa shape index (κ1) is 17.2. The number of amides is 1. The topological polar surface area (TPSA) is 75.8 Å². The molecule has 0 aliphatic rings. The van der Waals surface area contributed by atoms with Crippen LogP contribution in [0.2, 0.25) is 0 Å². The summed E-state index contributed by atoms with van der Waals surface area (Å²) in [7, 11) is 0. The lowest BCUT2D eigenvalue weighted by Gasteiger charge is -2.32. The molecule has 0 aromatic heterocycles. The Morgan fingerprint density at radius 1 is 1.33 bits per heavy atom. The van der Waals surface area contributed by atoms with Crippen LogP contribution >= 0.6 is 0 Å². The number of hydrogen-bond acceptors (Lipinski definition) is 4. The number of carbonyl (C=O) groups is 1. The van der Waals surface area contributed by atoms with E-state index >= 15 is 0 Å². The average molecular weight is 260 g/mol. The van der Waals surface area contributed by atoms with E-state index < -0.39 is 11.1 Å². The maximum absolute atomic E-state index is 12.0. The van der Waals surface area contributed by atoms with Gasteiger partial charge in [0.05, 0.1) is 6.61 Å². The van der Waals surface area contributed by atoms with E-state index in [0.717, 1.165) is 0 Å². The highest BCUT2D eigenvalue weighted by Crippen LogP contribution is 2.14. The van der Waals surface area contributed by atoms with Crippen LogP contribution in [0.3, 0.4) is 0 Å². The minimum absolute atomic E-state index is 0.0364. The molecule has 1 amide bonds. The summed E-state index contributed by atoms with van der Waals surface area (Å²) in [4.78, 5) is 13.6. The van der Waals surface area contributed by atoms with Gasteiger partial charge in [-0.2, -0.15) is 0 Å². The van der Waals surface area contributed by atoms with E-state index in [9.17, 15) is 4.79 Å². The van der Waals surface area contributed by atoms with Crippen LogP contribution < -0.4 is 5.73 Å². The summed E-state index contributed by atoms with van der Waals surface area (Å²) in [5.74, 6) is 0. The van der Waals surface area contributed by atoms with Gasteiger partial charge in [0.25, 0.3) is 0 Å². The highest BCUT2D eigenvalue weighted by Gasteiger charge is 2.26. The second-order valence-electron chi connectivity index (χ2n) is 6.33. The third-order valence-electron chi connectivity index (χ3n) is 2.54. The van der Waals surface area contributed by atoms with Gasteiger partial charge in [0, 0.05) is 18.1 Å². The fraction of sp³-hybridized carbons (Fsp3) is 0.923. The molecular weight excluding hydrogens is 232 g/mol. The Morgan fingerprint density at radius 3 is 2.17 bits per heavy atom. The Bertz CT molecular complexity index is 270. The largest absolute Gasteiger partial charge is 0.444 e. The highest BCUT2D eigenvalue weighted by molar-refractivity contribution is 5.68. The highest BCUT2D eigenvalue weighted by atomic mass is 16.6. The first-order chi connectivity index (χ1) is 7.98. The molecule has 5 nitrogen and oxygen atoms in total. The lowest BCUT2D eigenvalue weighted by Crippen LogP contribution is -2.47. The van der Waals surface area contributed by atoms with Gasteiger partial charge in [-0.15, -0.1) is 0 Å². The van der Waals surface area contributed by atoms with Crippen LogP contribution in [0.15, 0.2) is 0 Å². The van der Waals surface area contributed by atoms with Gasteiger partial charge in [-0.3, -0.25) is 0 Å². The van der Waals surface area contributed by atoms with Crippen LogP contribution in [0.1, 0.15) is 48.0 Å². The normalized spacial score (nSPS) is 15.4. The van der Waals surface area contributed by atoms with E-state index in [4.69, 9.17) is 15.6 Å². The third-order valence-corrected chi connectivity index (χ3v) is 2.54. The number of hydrogen-bond donors (Lipinski definition) is 2. The van der Waals surface area contributed by atoms with Gasteiger partial charge in [0.2, 0.25) is 0 Å². The summed E-state index contributed by atoms with van der Waals surface area (Å²) < 4.78 is 5.34. The number of nitrogens with zero attached hydrogens (tertiary/aromatic N) is 1. The first-order valence-corrected chi connectivity index (χ1v) is 6.38. The Kier molecular flexibility index (Phi) is 6.10. The maximum Gasteiger partial charge on any atom is 0.410 e. The smallest absolute Gasteiger partial charge is 0.410 e. The van der Waals surface area contributed by atoms with Gasteiger partial charge in [0.15, 0.2) is 0 Å². The van der Waals surface area contributed by atoms with E-state index in [2.05, 4.69) is 0 Å². The molecular formula is C13H28N2O3. The molecule has 0 heterocycles. The van der Waals surface area contributed by atoms with Crippen LogP contribution in [-0.4, -0.2) is 46.4 Å². The molecule has 1 unspecified atom stereocenters. The second-order valence-corrected chi connectivity index (χ2v) is 6.33. The number of aliphatic hydroxyl groups excluding tert-OH is 1. The minimum atomic E-state index is -0.671. The standard InChI is InChI=1S/C13H28N2O3/c1-10(2)15(8-7-13(6,14)9-16)11(17)18-12(3,4)5/h10,16H,7-9,14H2,1-6H3. The van der Waals surface area contributed by atoms with Gasteiger partial charge in [-0.05, 0) is 48.0 Å². The number of nitrogens with two attached hydrogens (primary N) is 1. The van der Waals surface area contributed by atoms with Crippen molar-refractivity contribution < 1.29 is 14.6 Å². The molecule has 0 spiro atoms. The van der Waals surface area contributed by atoms with Gasteiger partial charge in [-0.1, -0.05) is 0 Å². The molecule has 1 atom stereocenters. The summed E-state index contributed by atoms with van der Waals surface area (Å²) in [6, 6.07) is 0.0364. The minimum Gasteiger partial charge on any atom is -0.444 e. The predicted octanol–water partition coefficient (Wildman–Crippen LogP) is 1.73. The molecule has 5 heteroatoms. The predicted molar refractivity (Wildman–Crippen MR) is 72.4 cm³/mol. The van der Waals surface area contributed by atoms with Crippen molar-refractivity contribution >= 4 is 6.09 Å². The number of rotatable bonds is 5. The Morgan fingerprint density at radius 2 is 1.83 bits per heavy atom. The van der Waals surface area contributed by atoms with E-state index in [0.29, 0.717) is 13.0 Å². The lowest BCUT2D eigenvalue weighted by molar-refractivity contribution is 0.0170. The molecule has 0 aromatic rings. The Balaban J connectivity index is 4.54. The Labute approximate surface area is 110 Å². The third kappa shape index (κ3) is 6.81. The zero-order chi connectivity index (χ0) is 14.6. The molecule has 0 aliphatic heterocycles. The van der Waals surface area contributed by atoms with Crippen LogP contribution in [-0.2, 0) is 4.74 Å². The van der Waals surface area contributed by atoms with Crippen molar-refractivity contribution in [1.29, 1.82) is 0 Å². The van der Waals surface area contributed by atoms with Crippen molar-refractivity contribution in [3.63, 3.8) is 0 Å². The lowest BCUT2D eigenvalue weighted by atomic mass is 10.0. The van der Waals surface area contributed by atoms with Crippen molar-refractivity contribution in [1.82, 2.24) is 4.90 Å². The van der Waals surface area contributed by atoms with Crippen LogP contribution in [0.5, 0.6) is 0 Å². The van der Waals surface area contributed by atoms with Crippen molar-refractivity contribution in [2.75, 3.05) is 13.2 Å². The van der Waals surface area contributed by atoms with E-state index in [1.807, 2.05) is 34.6 Å². The van der Waals surface area contributed by atoms with Crippen LogP contribution in [0.25, 0.3) is 0 Å². The molecule has 0 radical (unpaired) electrons. The molecule has 108 valence electrons. The summed E-state index contributed by atoms with van der Waals surface area (Å²) in [5.41, 5.74) is 4.68. The van der Waals surface area contributed by atoms with Gasteiger partial charge >= 0.3 is 6.09 Å². The monoisotopic (exact) mass is 260 g/mol. The number of carbonyl (C=O) groups excluding carboxylic acids is 1. The second kappa shape index (κ2) is 6.38. The summed E-state index contributed by atoms with van der Waals surface area (Å²) in [6.45, 7) is 11.5. The van der Waals surface area contributed by atoms with Crippen LogP contribution in [0, 0.1) is 0 Å². The quantitative estimate of drug-likeness (QED) is 0.789. The number of aliphatic hydroxyl groups is 1. The van der Waals surface area contributed by atoms with E-state index in [-0.39, 0.29) is 18.7 Å². The fourth-order valence-electron chi connectivity index (χ4n) is 1.34. The van der Waals surface area contributed by atoms with Crippen molar-refractivity contribution in [3.05, 3.63) is 0 Å². The molecule has 0 saturated heterocycles. The van der Waals surface area contributed by atoms with Gasteiger partial charge in [0.1, 0.15) is 5.60 Å². The average Bonchev–Trinajstić information content (AvgIpc) is 2.14. The molecule has 0 aliphatic carbocycles. The molecule has 0 rings (SSSR count). The number of ether oxygens (including phenoxy) is 1. The molecule has 0 saturated carbocycles. The molecule has 0 aromatic carbocycles. The zero-order valence-electron chi connectivity index (χ0n) is 12.5. The zero-order valence-corrected chi connectivity index (χ0v) is 12.5. The first-order valence-electron chi connectivity index (χ1n) is 6.38. The SMILES string of the molecule is CC(C)N(CCC(C)(N)CO)C(=O)OC(C)(C)C. The molecule has 18 heavy (non-hydrogen) atoms. The van der Waals surface area contributed by atoms with E-state index in [1.54, 1.807) is 11.8 Å². The molecule has 3 N–H and O–H groups in total. The van der Waals surface area contributed by atoms with Gasteiger partial charge < -0.3 is 20.5 Å². The maximum atomic E-state index is 12.0. The summed E-state index contributed by atoms with van der Waals surface area (Å²) >= 11 is 0. The molecule has 0 fully saturated rings. The fourth-order valence-corrected chi connectivity index (χ4v) is 1.34. The van der Waals surface area contributed by atoms with Crippen molar-refractivity contribution in [2.24, 2.45) is 5.73 Å². The summed E-state index contributed by atoms with van der Waals surface area (Å²) in [5, 5.41) is 9.11. The molecule has 0 bridgehead atoms. The van der Waals surface area contributed by atoms with Crippen molar-refractivity contribution in [3.8, 4) is 0 Å².